The van der Waals surface area contributed by atoms with Gasteiger partial charge in [-0.2, -0.15) is 0 Å². The highest BCUT2D eigenvalue weighted by atomic mass is 16.4. The van der Waals surface area contributed by atoms with Gasteiger partial charge in [-0.3, -0.25) is 9.59 Å². The van der Waals surface area contributed by atoms with Crippen molar-refractivity contribution in [1.29, 1.82) is 0 Å². The van der Waals surface area contributed by atoms with Crippen LogP contribution in [0.15, 0.2) is 48.5 Å². The van der Waals surface area contributed by atoms with E-state index in [0.29, 0.717) is 18.0 Å². The lowest BCUT2D eigenvalue weighted by atomic mass is 9.80. The zero-order valence-electron chi connectivity index (χ0n) is 14.0. The standard InChI is InChI=1S/C21H21NO3/c23-20(16-10-8-15(9-11-16)14-5-3-6-14)22-12-17-4-1-2-7-18(17)19(13-22)21(24)25/h1-2,4,7-11,14,19H,3,5-6,12-13H2,(H,24,25). The fraction of sp³-hybridized carbons (Fsp3) is 0.333. The van der Waals surface area contributed by atoms with Crippen LogP contribution in [-0.2, 0) is 11.3 Å². The molecule has 128 valence electrons. The van der Waals surface area contributed by atoms with Crippen molar-refractivity contribution in [2.45, 2.75) is 37.6 Å². The lowest BCUT2D eigenvalue weighted by molar-refractivity contribution is -0.139. The number of rotatable bonds is 3. The normalized spacial score (nSPS) is 19.8. The SMILES string of the molecule is O=C(O)C1CN(C(=O)c2ccc(C3CCC3)cc2)Cc2ccccc21. The van der Waals surface area contributed by atoms with Crippen molar-refractivity contribution in [3.8, 4) is 0 Å². The topological polar surface area (TPSA) is 57.6 Å². The van der Waals surface area contributed by atoms with Crippen LogP contribution in [-0.4, -0.2) is 28.4 Å². The molecule has 1 heterocycles. The quantitative estimate of drug-likeness (QED) is 0.929. The van der Waals surface area contributed by atoms with E-state index in [4.69, 9.17) is 0 Å². The molecule has 1 amide bonds. The molecule has 1 aliphatic carbocycles. The number of nitrogens with zero attached hydrogens (tertiary/aromatic N) is 1. The van der Waals surface area contributed by atoms with Crippen LogP contribution in [0.4, 0.5) is 0 Å². The number of hydrogen-bond acceptors (Lipinski definition) is 2. The second-order valence-corrected chi connectivity index (χ2v) is 7.03. The molecular weight excluding hydrogens is 314 g/mol. The summed E-state index contributed by atoms with van der Waals surface area (Å²) in [5, 5.41) is 9.55. The maximum absolute atomic E-state index is 12.9. The van der Waals surface area contributed by atoms with Gasteiger partial charge in [0.05, 0.1) is 5.92 Å². The number of carboxylic acid groups (broad SMARTS) is 1. The van der Waals surface area contributed by atoms with E-state index in [0.717, 1.165) is 11.1 Å². The first-order valence-electron chi connectivity index (χ1n) is 8.83. The van der Waals surface area contributed by atoms with Gasteiger partial charge < -0.3 is 10.0 Å². The lowest BCUT2D eigenvalue weighted by Crippen LogP contribution is -2.40. The minimum absolute atomic E-state index is 0.0964. The van der Waals surface area contributed by atoms with Crippen LogP contribution in [0.25, 0.3) is 0 Å². The average molecular weight is 335 g/mol. The molecule has 2 aromatic carbocycles. The van der Waals surface area contributed by atoms with Crippen LogP contribution < -0.4 is 0 Å². The molecule has 1 aliphatic heterocycles. The number of fused-ring (bicyclic) bond motifs is 1. The summed E-state index contributed by atoms with van der Waals surface area (Å²) in [6, 6.07) is 15.4. The predicted octanol–water partition coefficient (Wildman–Crippen LogP) is 3.78. The van der Waals surface area contributed by atoms with Gasteiger partial charge in [-0.05, 0) is 47.6 Å². The predicted molar refractivity (Wildman–Crippen MR) is 94.6 cm³/mol. The molecule has 2 aromatic rings. The van der Waals surface area contributed by atoms with Crippen LogP contribution >= 0.6 is 0 Å². The Balaban J connectivity index is 1.57. The van der Waals surface area contributed by atoms with Crippen molar-refractivity contribution in [2.24, 2.45) is 0 Å². The monoisotopic (exact) mass is 335 g/mol. The summed E-state index contributed by atoms with van der Waals surface area (Å²) in [5.74, 6) is -1.00. The zero-order valence-corrected chi connectivity index (χ0v) is 14.0. The number of benzene rings is 2. The maximum Gasteiger partial charge on any atom is 0.312 e. The highest BCUT2D eigenvalue weighted by molar-refractivity contribution is 5.95. The smallest absolute Gasteiger partial charge is 0.312 e. The fourth-order valence-electron chi connectivity index (χ4n) is 3.79. The van der Waals surface area contributed by atoms with Crippen molar-refractivity contribution in [3.05, 3.63) is 70.8 Å². The summed E-state index contributed by atoms with van der Waals surface area (Å²) in [4.78, 5) is 26.2. The van der Waals surface area contributed by atoms with Crippen molar-refractivity contribution in [2.75, 3.05) is 6.54 Å². The molecule has 4 heteroatoms. The van der Waals surface area contributed by atoms with Gasteiger partial charge in [-0.15, -0.1) is 0 Å². The molecule has 25 heavy (non-hydrogen) atoms. The second-order valence-electron chi connectivity index (χ2n) is 7.03. The van der Waals surface area contributed by atoms with Gasteiger partial charge in [0, 0.05) is 18.7 Å². The van der Waals surface area contributed by atoms with Crippen LogP contribution in [0, 0.1) is 0 Å². The molecule has 0 saturated heterocycles. The Hall–Kier alpha value is -2.62. The van der Waals surface area contributed by atoms with Gasteiger partial charge in [0.1, 0.15) is 0 Å². The van der Waals surface area contributed by atoms with Gasteiger partial charge >= 0.3 is 5.97 Å². The largest absolute Gasteiger partial charge is 0.481 e. The molecule has 1 saturated carbocycles. The Morgan fingerprint density at radius 1 is 1.00 bits per heavy atom. The molecule has 1 fully saturated rings. The Labute approximate surface area is 147 Å². The van der Waals surface area contributed by atoms with E-state index in [1.54, 1.807) is 4.90 Å². The number of carboxylic acids is 1. The van der Waals surface area contributed by atoms with Crippen molar-refractivity contribution >= 4 is 11.9 Å². The van der Waals surface area contributed by atoms with Crippen molar-refractivity contribution in [3.63, 3.8) is 0 Å². The van der Waals surface area contributed by atoms with Gasteiger partial charge in [-0.25, -0.2) is 0 Å². The third-order valence-corrected chi connectivity index (χ3v) is 5.51. The number of carbonyl (C=O) groups is 2. The van der Waals surface area contributed by atoms with E-state index >= 15 is 0 Å². The molecule has 1 atom stereocenters. The summed E-state index contributed by atoms with van der Waals surface area (Å²) >= 11 is 0. The Morgan fingerprint density at radius 3 is 2.36 bits per heavy atom. The van der Waals surface area contributed by atoms with E-state index in [9.17, 15) is 14.7 Å². The van der Waals surface area contributed by atoms with Gasteiger partial charge in [0.25, 0.3) is 5.91 Å². The first-order chi connectivity index (χ1) is 12.1. The summed E-state index contributed by atoms with van der Waals surface area (Å²) in [6.07, 6.45) is 3.75. The summed E-state index contributed by atoms with van der Waals surface area (Å²) in [5.41, 5.74) is 3.67. The van der Waals surface area contributed by atoms with Gasteiger partial charge in [-0.1, -0.05) is 42.8 Å². The van der Waals surface area contributed by atoms with Crippen LogP contribution in [0.5, 0.6) is 0 Å². The third-order valence-electron chi connectivity index (χ3n) is 5.51. The van der Waals surface area contributed by atoms with Crippen molar-refractivity contribution < 1.29 is 14.7 Å². The number of aliphatic carboxylic acids is 1. The Kier molecular flexibility index (Phi) is 4.04. The molecule has 2 aliphatic rings. The summed E-state index contributed by atoms with van der Waals surface area (Å²) in [6.45, 7) is 0.679. The average Bonchev–Trinajstić information content (AvgIpc) is 2.59. The Bertz CT molecular complexity index is 808. The number of amides is 1. The highest BCUT2D eigenvalue weighted by Crippen LogP contribution is 2.36. The van der Waals surface area contributed by atoms with Gasteiger partial charge in [0.2, 0.25) is 0 Å². The van der Waals surface area contributed by atoms with Crippen LogP contribution in [0.2, 0.25) is 0 Å². The van der Waals surface area contributed by atoms with E-state index in [1.807, 2.05) is 48.5 Å². The summed E-state index contributed by atoms with van der Waals surface area (Å²) in [7, 11) is 0. The summed E-state index contributed by atoms with van der Waals surface area (Å²) < 4.78 is 0. The molecule has 1 unspecified atom stereocenters. The molecule has 4 nitrogen and oxygen atoms in total. The molecule has 0 spiro atoms. The molecule has 0 bridgehead atoms. The van der Waals surface area contributed by atoms with E-state index in [2.05, 4.69) is 0 Å². The second kappa shape index (κ2) is 6.36. The van der Waals surface area contributed by atoms with Crippen LogP contribution in [0.1, 0.15) is 58.1 Å². The molecule has 1 N–H and O–H groups in total. The minimum Gasteiger partial charge on any atom is -0.481 e. The van der Waals surface area contributed by atoms with E-state index in [1.165, 1.54) is 24.8 Å². The molecule has 4 rings (SSSR count). The molecule has 0 radical (unpaired) electrons. The fourth-order valence-corrected chi connectivity index (χ4v) is 3.79. The number of hydrogen-bond donors (Lipinski definition) is 1. The first-order valence-corrected chi connectivity index (χ1v) is 8.83. The van der Waals surface area contributed by atoms with Gasteiger partial charge in [0.15, 0.2) is 0 Å². The minimum atomic E-state index is -0.884. The number of carbonyl (C=O) groups excluding carboxylic acids is 1. The van der Waals surface area contributed by atoms with Crippen LogP contribution in [0.3, 0.4) is 0 Å². The van der Waals surface area contributed by atoms with E-state index < -0.39 is 11.9 Å². The lowest BCUT2D eigenvalue weighted by Gasteiger charge is -2.33. The van der Waals surface area contributed by atoms with Crippen molar-refractivity contribution in [1.82, 2.24) is 4.90 Å². The zero-order chi connectivity index (χ0) is 17.4. The Morgan fingerprint density at radius 2 is 1.72 bits per heavy atom. The first kappa shape index (κ1) is 15.9. The molecule has 0 aromatic heterocycles. The third kappa shape index (κ3) is 2.93. The highest BCUT2D eigenvalue weighted by Gasteiger charge is 2.32. The van der Waals surface area contributed by atoms with E-state index in [-0.39, 0.29) is 12.5 Å². The maximum atomic E-state index is 12.9. The molecular formula is C21H21NO3.